The number of carbonyl (C=O) groups is 1. The Kier molecular flexibility index (Phi) is 4.76. The summed E-state index contributed by atoms with van der Waals surface area (Å²) in [5.41, 5.74) is -0.0702. The van der Waals surface area contributed by atoms with Gasteiger partial charge in [-0.05, 0) is 19.1 Å². The summed E-state index contributed by atoms with van der Waals surface area (Å²) < 4.78 is 30.7. The second kappa shape index (κ2) is 5.89. The predicted molar refractivity (Wildman–Crippen MR) is 62.9 cm³/mol. The first kappa shape index (κ1) is 14.6. The van der Waals surface area contributed by atoms with Crippen molar-refractivity contribution in [2.45, 2.75) is 18.1 Å². The second-order valence-corrected chi connectivity index (χ2v) is 5.30. The number of nitrogens with one attached hydrogen (secondary N) is 1. The van der Waals surface area contributed by atoms with Gasteiger partial charge in [0, 0.05) is 19.9 Å². The number of ether oxygens (including phenoxy) is 1. The molecule has 100 valence electrons. The zero-order chi connectivity index (χ0) is 13.8. The van der Waals surface area contributed by atoms with Gasteiger partial charge in [0.05, 0.1) is 11.7 Å². The maximum atomic E-state index is 11.8. The summed E-state index contributed by atoms with van der Waals surface area (Å²) >= 11 is 0. The van der Waals surface area contributed by atoms with Crippen molar-refractivity contribution >= 4 is 16.0 Å². The Hall–Kier alpha value is -1.51. The Labute approximate surface area is 105 Å². The average Bonchev–Trinajstić information content (AvgIpc) is 2.36. The number of sulfonamides is 1. The van der Waals surface area contributed by atoms with Crippen molar-refractivity contribution in [3.05, 3.63) is 23.9 Å². The van der Waals surface area contributed by atoms with E-state index in [1.165, 1.54) is 13.2 Å². The van der Waals surface area contributed by atoms with E-state index in [-0.39, 0.29) is 23.2 Å². The summed E-state index contributed by atoms with van der Waals surface area (Å²) in [7, 11) is -2.27. The molecule has 0 amide bonds. The molecular weight excluding hydrogens is 260 g/mol. The molecule has 18 heavy (non-hydrogen) atoms. The minimum Gasteiger partial charge on any atom is -0.478 e. The molecule has 1 atom stereocenters. The monoisotopic (exact) mass is 274 g/mol. The van der Waals surface area contributed by atoms with Gasteiger partial charge in [-0.2, -0.15) is 0 Å². The highest BCUT2D eigenvalue weighted by Gasteiger charge is 2.17. The van der Waals surface area contributed by atoms with Crippen LogP contribution in [0, 0.1) is 0 Å². The lowest BCUT2D eigenvalue weighted by atomic mass is 10.3. The fraction of sp³-hybridized carbons (Fsp3) is 0.400. The number of methoxy groups -OCH3 is 1. The molecule has 0 fully saturated rings. The number of rotatable bonds is 6. The highest BCUT2D eigenvalue weighted by Crippen LogP contribution is 2.06. The van der Waals surface area contributed by atoms with Crippen LogP contribution in [-0.4, -0.2) is 44.2 Å². The number of carboxylic acids is 1. The molecule has 0 radical (unpaired) electrons. The molecule has 2 N–H and O–H groups in total. The van der Waals surface area contributed by atoms with E-state index in [1.54, 1.807) is 6.92 Å². The molecule has 1 rings (SSSR count). The zero-order valence-corrected chi connectivity index (χ0v) is 10.8. The van der Waals surface area contributed by atoms with Gasteiger partial charge in [-0.15, -0.1) is 0 Å². The van der Waals surface area contributed by atoms with E-state index in [4.69, 9.17) is 9.84 Å². The van der Waals surface area contributed by atoms with Crippen LogP contribution in [0.25, 0.3) is 0 Å². The third kappa shape index (κ3) is 3.76. The van der Waals surface area contributed by atoms with Crippen molar-refractivity contribution in [2.75, 3.05) is 13.7 Å². The molecule has 1 aromatic heterocycles. The topological polar surface area (TPSA) is 106 Å². The lowest BCUT2D eigenvalue weighted by Gasteiger charge is -2.10. The SMILES string of the molecule is COC(C)CNS(=O)(=O)c1ccc(C(=O)O)cn1. The molecule has 7 nitrogen and oxygen atoms in total. The summed E-state index contributed by atoms with van der Waals surface area (Å²) in [4.78, 5) is 14.2. The van der Waals surface area contributed by atoms with Crippen LogP contribution in [0.2, 0.25) is 0 Å². The van der Waals surface area contributed by atoms with Gasteiger partial charge >= 0.3 is 5.97 Å². The van der Waals surface area contributed by atoms with Crippen molar-refractivity contribution in [2.24, 2.45) is 0 Å². The quantitative estimate of drug-likeness (QED) is 0.761. The summed E-state index contributed by atoms with van der Waals surface area (Å²) in [6.07, 6.45) is 0.731. The van der Waals surface area contributed by atoms with Crippen molar-refractivity contribution < 1.29 is 23.1 Å². The summed E-state index contributed by atoms with van der Waals surface area (Å²) in [5, 5.41) is 8.44. The van der Waals surface area contributed by atoms with Crippen molar-refractivity contribution in [1.82, 2.24) is 9.71 Å². The maximum Gasteiger partial charge on any atom is 0.337 e. The Bertz CT molecular complexity index is 512. The minimum atomic E-state index is -3.74. The molecule has 0 bridgehead atoms. The van der Waals surface area contributed by atoms with Gasteiger partial charge in [0.25, 0.3) is 10.0 Å². The van der Waals surface area contributed by atoms with Crippen LogP contribution in [0.1, 0.15) is 17.3 Å². The summed E-state index contributed by atoms with van der Waals surface area (Å²) in [5.74, 6) is -1.16. The number of pyridine rings is 1. The second-order valence-electron chi connectivity index (χ2n) is 3.59. The molecule has 0 spiro atoms. The largest absolute Gasteiger partial charge is 0.478 e. The third-order valence-electron chi connectivity index (χ3n) is 2.22. The van der Waals surface area contributed by atoms with Crippen LogP contribution in [-0.2, 0) is 14.8 Å². The van der Waals surface area contributed by atoms with Crippen molar-refractivity contribution in [3.63, 3.8) is 0 Å². The molecule has 0 saturated carbocycles. The van der Waals surface area contributed by atoms with E-state index in [0.717, 1.165) is 12.3 Å². The van der Waals surface area contributed by atoms with Crippen LogP contribution in [0.4, 0.5) is 0 Å². The minimum absolute atomic E-state index is 0.0702. The number of carboxylic acid groups (broad SMARTS) is 1. The maximum absolute atomic E-state index is 11.8. The number of hydrogen-bond acceptors (Lipinski definition) is 5. The van der Waals surface area contributed by atoms with E-state index in [2.05, 4.69) is 9.71 Å². The molecular formula is C10H14N2O5S. The van der Waals surface area contributed by atoms with E-state index >= 15 is 0 Å². The van der Waals surface area contributed by atoms with Gasteiger partial charge < -0.3 is 9.84 Å². The molecule has 0 saturated heterocycles. The average molecular weight is 274 g/mol. The summed E-state index contributed by atoms with van der Waals surface area (Å²) in [6.45, 7) is 1.82. The smallest absolute Gasteiger partial charge is 0.337 e. The molecule has 0 aliphatic heterocycles. The van der Waals surface area contributed by atoms with Gasteiger partial charge in [-0.3, -0.25) is 0 Å². The first-order chi connectivity index (χ1) is 8.36. The van der Waals surface area contributed by atoms with Crippen LogP contribution in [0.15, 0.2) is 23.4 Å². The Morgan fingerprint density at radius 3 is 2.67 bits per heavy atom. The van der Waals surface area contributed by atoms with E-state index in [1.807, 2.05) is 0 Å². The van der Waals surface area contributed by atoms with Crippen LogP contribution in [0.5, 0.6) is 0 Å². The van der Waals surface area contributed by atoms with Crippen LogP contribution < -0.4 is 4.72 Å². The lowest BCUT2D eigenvalue weighted by molar-refractivity contribution is 0.0696. The zero-order valence-electron chi connectivity index (χ0n) is 9.95. The number of aromatic carboxylic acids is 1. The molecule has 0 aromatic carbocycles. The summed E-state index contributed by atoms with van der Waals surface area (Å²) in [6, 6.07) is 2.33. The number of hydrogen-bond donors (Lipinski definition) is 2. The molecule has 8 heteroatoms. The first-order valence-corrected chi connectivity index (χ1v) is 6.57. The Morgan fingerprint density at radius 2 is 2.22 bits per heavy atom. The van der Waals surface area contributed by atoms with Crippen molar-refractivity contribution in [3.8, 4) is 0 Å². The predicted octanol–water partition coefficient (Wildman–Crippen LogP) is 0.0930. The van der Waals surface area contributed by atoms with Crippen LogP contribution >= 0.6 is 0 Å². The van der Waals surface area contributed by atoms with Gasteiger partial charge in [0.1, 0.15) is 0 Å². The van der Waals surface area contributed by atoms with Gasteiger partial charge in [0.15, 0.2) is 5.03 Å². The molecule has 0 aliphatic carbocycles. The molecule has 1 unspecified atom stereocenters. The Morgan fingerprint density at radius 1 is 1.56 bits per heavy atom. The van der Waals surface area contributed by atoms with Gasteiger partial charge in [-0.1, -0.05) is 0 Å². The van der Waals surface area contributed by atoms with E-state index in [9.17, 15) is 13.2 Å². The van der Waals surface area contributed by atoms with E-state index < -0.39 is 16.0 Å². The molecule has 1 heterocycles. The Balaban J connectivity index is 2.82. The van der Waals surface area contributed by atoms with Crippen LogP contribution in [0.3, 0.4) is 0 Å². The lowest BCUT2D eigenvalue weighted by Crippen LogP contribution is -2.32. The fourth-order valence-electron chi connectivity index (χ4n) is 1.05. The number of aromatic nitrogens is 1. The normalized spacial score (nSPS) is 13.2. The highest BCUT2D eigenvalue weighted by molar-refractivity contribution is 7.89. The van der Waals surface area contributed by atoms with Gasteiger partial charge in [0.2, 0.25) is 0 Å². The first-order valence-electron chi connectivity index (χ1n) is 5.08. The fourth-order valence-corrected chi connectivity index (χ4v) is 2.09. The third-order valence-corrected chi connectivity index (χ3v) is 3.56. The highest BCUT2D eigenvalue weighted by atomic mass is 32.2. The molecule has 1 aromatic rings. The standard InChI is InChI=1S/C10H14N2O5S/c1-7(17-2)5-12-18(15,16)9-4-3-8(6-11-9)10(13)14/h3-4,6-7,12H,5H2,1-2H3,(H,13,14). The van der Waals surface area contributed by atoms with Gasteiger partial charge in [-0.25, -0.2) is 22.9 Å². The molecule has 0 aliphatic rings. The number of nitrogens with zero attached hydrogens (tertiary/aromatic N) is 1. The van der Waals surface area contributed by atoms with E-state index in [0.29, 0.717) is 0 Å². The van der Waals surface area contributed by atoms with Crippen molar-refractivity contribution in [1.29, 1.82) is 0 Å².